The molecule has 0 radical (unpaired) electrons. The summed E-state index contributed by atoms with van der Waals surface area (Å²) in [4.78, 5) is 2.51. The molecule has 136 valence electrons. The van der Waals surface area contributed by atoms with Crippen molar-refractivity contribution in [1.29, 1.82) is 0 Å². The average Bonchev–Trinajstić information content (AvgIpc) is 2.51. The van der Waals surface area contributed by atoms with Gasteiger partial charge in [0.05, 0.1) is 13.2 Å². The predicted molar refractivity (Wildman–Crippen MR) is 101 cm³/mol. The molecule has 3 nitrogen and oxygen atoms in total. The SMILES string of the molecule is CC1CCCN(CCOCCOc2ccc(Cl)cc2C(C)(C)C)C1. The molecule has 1 aliphatic heterocycles. The molecule has 1 fully saturated rings. The molecule has 0 aromatic heterocycles. The van der Waals surface area contributed by atoms with Crippen LogP contribution in [0.1, 0.15) is 46.1 Å². The molecule has 1 unspecified atom stereocenters. The Morgan fingerprint density at radius 2 is 2.00 bits per heavy atom. The highest BCUT2D eigenvalue weighted by atomic mass is 35.5. The Labute approximate surface area is 152 Å². The van der Waals surface area contributed by atoms with E-state index in [0.717, 1.165) is 35.4 Å². The van der Waals surface area contributed by atoms with Gasteiger partial charge in [-0.2, -0.15) is 0 Å². The summed E-state index contributed by atoms with van der Waals surface area (Å²) in [6, 6.07) is 5.83. The minimum absolute atomic E-state index is 0.00600. The maximum Gasteiger partial charge on any atom is 0.123 e. The van der Waals surface area contributed by atoms with E-state index in [9.17, 15) is 0 Å². The van der Waals surface area contributed by atoms with Gasteiger partial charge in [-0.05, 0) is 48.9 Å². The lowest BCUT2D eigenvalue weighted by Crippen LogP contribution is -2.36. The Morgan fingerprint density at radius 1 is 1.21 bits per heavy atom. The zero-order valence-corrected chi connectivity index (χ0v) is 16.4. The van der Waals surface area contributed by atoms with Gasteiger partial charge in [0.25, 0.3) is 0 Å². The molecule has 0 saturated carbocycles. The molecular formula is C20H32ClNO2. The molecule has 2 rings (SSSR count). The molecular weight excluding hydrogens is 322 g/mol. The van der Waals surface area contributed by atoms with Gasteiger partial charge in [0.1, 0.15) is 12.4 Å². The van der Waals surface area contributed by atoms with Crippen LogP contribution in [0, 0.1) is 5.92 Å². The van der Waals surface area contributed by atoms with Gasteiger partial charge < -0.3 is 14.4 Å². The number of rotatable bonds is 7. The van der Waals surface area contributed by atoms with Gasteiger partial charge in [-0.25, -0.2) is 0 Å². The third kappa shape index (κ3) is 6.27. The van der Waals surface area contributed by atoms with Crippen LogP contribution >= 0.6 is 11.6 Å². The van der Waals surface area contributed by atoms with E-state index < -0.39 is 0 Å². The van der Waals surface area contributed by atoms with Crippen LogP contribution in [0.4, 0.5) is 0 Å². The highest BCUT2D eigenvalue weighted by Crippen LogP contribution is 2.33. The van der Waals surface area contributed by atoms with Crippen LogP contribution in [0.3, 0.4) is 0 Å². The van der Waals surface area contributed by atoms with E-state index in [2.05, 4.69) is 32.6 Å². The van der Waals surface area contributed by atoms with E-state index in [1.54, 1.807) is 0 Å². The first-order chi connectivity index (χ1) is 11.4. The standard InChI is InChI=1S/C20H32ClNO2/c1-16-6-5-9-22(15-16)10-11-23-12-13-24-19-8-7-17(21)14-18(19)20(2,3)4/h7-8,14,16H,5-6,9-13,15H2,1-4H3. The van der Waals surface area contributed by atoms with Crippen LogP contribution in [0.2, 0.25) is 5.02 Å². The van der Waals surface area contributed by atoms with Crippen molar-refractivity contribution < 1.29 is 9.47 Å². The number of benzene rings is 1. The molecule has 1 saturated heterocycles. The van der Waals surface area contributed by atoms with Crippen molar-refractivity contribution in [3.63, 3.8) is 0 Å². The van der Waals surface area contributed by atoms with Gasteiger partial charge in [-0.3, -0.25) is 0 Å². The Balaban J connectivity index is 1.69. The number of hydrogen-bond acceptors (Lipinski definition) is 3. The number of likely N-dealkylation sites (tertiary alicyclic amines) is 1. The van der Waals surface area contributed by atoms with Crippen LogP contribution < -0.4 is 4.74 Å². The summed E-state index contributed by atoms with van der Waals surface area (Å²) in [5.41, 5.74) is 1.14. The zero-order chi connectivity index (χ0) is 17.6. The van der Waals surface area contributed by atoms with Crippen molar-refractivity contribution in [2.75, 3.05) is 39.5 Å². The quantitative estimate of drug-likeness (QED) is 0.659. The Hall–Kier alpha value is -0.770. The summed E-state index contributed by atoms with van der Waals surface area (Å²) < 4.78 is 11.7. The zero-order valence-electron chi connectivity index (χ0n) is 15.6. The maximum atomic E-state index is 6.12. The number of halogens is 1. The van der Waals surface area contributed by atoms with Crippen molar-refractivity contribution in [3.8, 4) is 5.75 Å². The lowest BCUT2D eigenvalue weighted by Gasteiger charge is -2.30. The number of ether oxygens (including phenoxy) is 2. The summed E-state index contributed by atoms with van der Waals surface area (Å²) in [6.07, 6.45) is 2.68. The van der Waals surface area contributed by atoms with Crippen LogP contribution in [-0.2, 0) is 10.2 Å². The summed E-state index contributed by atoms with van der Waals surface area (Å²) in [7, 11) is 0. The molecule has 1 aliphatic rings. The second-order valence-corrected chi connectivity index (χ2v) is 8.34. The smallest absolute Gasteiger partial charge is 0.123 e. The molecule has 0 amide bonds. The van der Waals surface area contributed by atoms with Crippen molar-refractivity contribution >= 4 is 11.6 Å². The van der Waals surface area contributed by atoms with Gasteiger partial charge in [-0.15, -0.1) is 0 Å². The topological polar surface area (TPSA) is 21.7 Å². The van der Waals surface area contributed by atoms with E-state index in [1.807, 2.05) is 18.2 Å². The molecule has 0 N–H and O–H groups in total. The minimum atomic E-state index is 0.00600. The second kappa shape index (κ2) is 9.07. The molecule has 1 heterocycles. The minimum Gasteiger partial charge on any atom is -0.491 e. The molecule has 0 aliphatic carbocycles. The van der Waals surface area contributed by atoms with E-state index >= 15 is 0 Å². The van der Waals surface area contributed by atoms with Crippen LogP contribution in [-0.4, -0.2) is 44.4 Å². The van der Waals surface area contributed by atoms with Crippen molar-refractivity contribution in [2.24, 2.45) is 5.92 Å². The highest BCUT2D eigenvalue weighted by molar-refractivity contribution is 6.30. The number of hydrogen-bond donors (Lipinski definition) is 0. The van der Waals surface area contributed by atoms with Gasteiger partial charge in [0.2, 0.25) is 0 Å². The Morgan fingerprint density at radius 3 is 2.71 bits per heavy atom. The average molecular weight is 354 g/mol. The highest BCUT2D eigenvalue weighted by Gasteiger charge is 2.19. The van der Waals surface area contributed by atoms with Crippen LogP contribution in [0.15, 0.2) is 18.2 Å². The molecule has 24 heavy (non-hydrogen) atoms. The summed E-state index contributed by atoms with van der Waals surface area (Å²) in [5.74, 6) is 1.73. The van der Waals surface area contributed by atoms with Gasteiger partial charge in [-0.1, -0.05) is 39.3 Å². The maximum absolute atomic E-state index is 6.12. The van der Waals surface area contributed by atoms with Crippen molar-refractivity contribution in [1.82, 2.24) is 4.90 Å². The fourth-order valence-electron chi connectivity index (χ4n) is 3.21. The fraction of sp³-hybridized carbons (Fsp3) is 0.700. The predicted octanol–water partition coefficient (Wildman–Crippen LogP) is 4.76. The summed E-state index contributed by atoms with van der Waals surface area (Å²) >= 11 is 6.12. The fourth-order valence-corrected chi connectivity index (χ4v) is 3.38. The third-order valence-electron chi connectivity index (χ3n) is 4.53. The first-order valence-corrected chi connectivity index (χ1v) is 9.47. The van der Waals surface area contributed by atoms with Crippen LogP contribution in [0.25, 0.3) is 0 Å². The molecule has 0 spiro atoms. The van der Waals surface area contributed by atoms with Crippen molar-refractivity contribution in [3.05, 3.63) is 28.8 Å². The van der Waals surface area contributed by atoms with Crippen molar-refractivity contribution in [2.45, 2.75) is 46.0 Å². The van der Waals surface area contributed by atoms with E-state index in [1.165, 1.54) is 25.9 Å². The molecule has 4 heteroatoms. The monoisotopic (exact) mass is 353 g/mol. The number of piperidine rings is 1. The second-order valence-electron chi connectivity index (χ2n) is 7.90. The first kappa shape index (κ1) is 19.6. The first-order valence-electron chi connectivity index (χ1n) is 9.09. The Bertz CT molecular complexity index is 513. The summed E-state index contributed by atoms with van der Waals surface area (Å²) in [6.45, 7) is 14.3. The van der Waals surface area contributed by atoms with Gasteiger partial charge >= 0.3 is 0 Å². The molecule has 1 aromatic carbocycles. The molecule has 1 atom stereocenters. The largest absolute Gasteiger partial charge is 0.491 e. The third-order valence-corrected chi connectivity index (χ3v) is 4.76. The van der Waals surface area contributed by atoms with E-state index in [4.69, 9.17) is 21.1 Å². The van der Waals surface area contributed by atoms with Gasteiger partial charge in [0, 0.05) is 23.7 Å². The summed E-state index contributed by atoms with van der Waals surface area (Å²) in [5, 5.41) is 0.749. The Kier molecular flexibility index (Phi) is 7.39. The normalized spacial score (nSPS) is 19.5. The number of nitrogens with zero attached hydrogens (tertiary/aromatic N) is 1. The lowest BCUT2D eigenvalue weighted by molar-refractivity contribution is 0.0685. The van der Waals surface area contributed by atoms with E-state index in [0.29, 0.717) is 13.2 Å². The van der Waals surface area contributed by atoms with Crippen LogP contribution in [0.5, 0.6) is 5.75 Å². The lowest BCUT2D eigenvalue weighted by atomic mass is 9.86. The molecule has 1 aromatic rings. The van der Waals surface area contributed by atoms with E-state index in [-0.39, 0.29) is 5.41 Å². The molecule has 0 bridgehead atoms. The van der Waals surface area contributed by atoms with Gasteiger partial charge in [0.15, 0.2) is 0 Å².